The largest absolute Gasteiger partial charge is 0.364 e. The van der Waals surface area contributed by atoms with Gasteiger partial charge >= 0.3 is 0 Å². The summed E-state index contributed by atoms with van der Waals surface area (Å²) in [5.74, 6) is -1.39. The van der Waals surface area contributed by atoms with Gasteiger partial charge < -0.3 is 5.32 Å². The minimum absolute atomic E-state index is 0.0152. The summed E-state index contributed by atoms with van der Waals surface area (Å²) in [6.45, 7) is 9.03. The highest BCUT2D eigenvalue weighted by Crippen LogP contribution is 2.35. The van der Waals surface area contributed by atoms with E-state index in [0.29, 0.717) is 5.75 Å². The van der Waals surface area contributed by atoms with E-state index in [1.165, 1.54) is 25.3 Å². The van der Waals surface area contributed by atoms with E-state index in [2.05, 4.69) is 15.3 Å². The van der Waals surface area contributed by atoms with Crippen LogP contribution in [0, 0.1) is 35.3 Å². The van der Waals surface area contributed by atoms with Crippen LogP contribution in [0.1, 0.15) is 38.8 Å². The van der Waals surface area contributed by atoms with E-state index in [4.69, 9.17) is 0 Å². The van der Waals surface area contributed by atoms with E-state index in [1.54, 1.807) is 12.1 Å². The Morgan fingerprint density at radius 1 is 1.20 bits per heavy atom. The Morgan fingerprint density at radius 3 is 2.48 bits per heavy atom. The molecular weight excluding hydrogens is 556 g/mol. The highest BCUT2D eigenvalue weighted by molar-refractivity contribution is 8.13. The molecule has 0 aliphatic heterocycles. The zero-order valence-corrected chi connectivity index (χ0v) is 24.1. The number of rotatable bonds is 7. The summed E-state index contributed by atoms with van der Waals surface area (Å²) in [4.78, 5) is 20.0. The number of thioether (sulfide) groups is 1. The van der Waals surface area contributed by atoms with E-state index in [-0.39, 0.29) is 43.7 Å². The van der Waals surface area contributed by atoms with Gasteiger partial charge in [0.1, 0.15) is 11.9 Å². The second-order valence-corrected chi connectivity index (χ2v) is 13.4. The summed E-state index contributed by atoms with van der Waals surface area (Å²) in [5, 5.41) is 12.8. The van der Waals surface area contributed by atoms with Gasteiger partial charge in [0.2, 0.25) is 0 Å². The van der Waals surface area contributed by atoms with Gasteiger partial charge in [-0.3, -0.25) is 4.79 Å². The molecule has 0 saturated heterocycles. The molecular formula is C28H27F2N5O3S2. The van der Waals surface area contributed by atoms with Crippen LogP contribution in [0.25, 0.3) is 22.3 Å². The van der Waals surface area contributed by atoms with Crippen LogP contribution < -0.4 is 5.32 Å². The molecule has 3 heterocycles. The lowest BCUT2D eigenvalue weighted by Crippen LogP contribution is -2.37. The number of anilines is 1. The summed E-state index contributed by atoms with van der Waals surface area (Å²) < 4.78 is 57.6. The van der Waals surface area contributed by atoms with Crippen LogP contribution in [0.15, 0.2) is 53.7 Å². The molecule has 208 valence electrons. The Balaban J connectivity index is 1.92. The number of fused-ring (bicyclic) bond motifs is 1. The Kier molecular flexibility index (Phi) is 8.01. The predicted molar refractivity (Wildman–Crippen MR) is 151 cm³/mol. The molecule has 0 radical (unpaired) electrons. The minimum Gasteiger partial charge on any atom is -0.364 e. The lowest BCUT2D eigenvalue weighted by Gasteiger charge is -2.31. The molecule has 0 bridgehead atoms. The van der Waals surface area contributed by atoms with E-state index >= 15 is 4.39 Å². The number of benzene rings is 1. The fraction of sp³-hybridized carbons (Fsp3) is 0.286. The summed E-state index contributed by atoms with van der Waals surface area (Å²) in [6.07, 6.45) is 2.11. The van der Waals surface area contributed by atoms with Crippen molar-refractivity contribution in [3.05, 3.63) is 71.6 Å². The molecule has 0 unspecified atom stereocenters. The lowest BCUT2D eigenvalue weighted by atomic mass is 9.88. The van der Waals surface area contributed by atoms with Crippen molar-refractivity contribution in [1.29, 1.82) is 5.26 Å². The molecule has 1 N–H and O–H groups in total. The minimum atomic E-state index is -4.18. The average molecular weight is 584 g/mol. The van der Waals surface area contributed by atoms with E-state index in [0.717, 1.165) is 39.6 Å². The van der Waals surface area contributed by atoms with Crippen LogP contribution in [0.5, 0.6) is 0 Å². The van der Waals surface area contributed by atoms with Gasteiger partial charge in [0.25, 0.3) is 10.0 Å². The molecule has 0 fully saturated rings. The number of aryl methyl sites for hydroxylation is 1. The molecule has 40 heavy (non-hydrogen) atoms. The number of hydrogen-bond donors (Lipinski definition) is 1. The van der Waals surface area contributed by atoms with Crippen molar-refractivity contribution < 1.29 is 22.0 Å². The van der Waals surface area contributed by atoms with Gasteiger partial charge in [-0.15, -0.1) is 0 Å². The van der Waals surface area contributed by atoms with E-state index in [1.807, 2.05) is 33.8 Å². The first-order chi connectivity index (χ1) is 18.7. The Labute approximate surface area is 235 Å². The van der Waals surface area contributed by atoms with Gasteiger partial charge in [-0.25, -0.2) is 31.1 Å². The van der Waals surface area contributed by atoms with Gasteiger partial charge in [0.15, 0.2) is 22.4 Å². The number of nitriles is 1. The smallest absolute Gasteiger partial charge is 0.269 e. The number of carbonyl (C=O) groups is 1. The number of carbonyl (C=O) groups excluding carboxylic acids is 1. The third-order valence-corrected chi connectivity index (χ3v) is 8.89. The molecule has 0 aliphatic carbocycles. The third-order valence-electron chi connectivity index (χ3n) is 6.32. The topological polar surface area (TPSA) is 118 Å². The molecule has 3 aromatic heterocycles. The molecule has 1 atom stereocenters. The summed E-state index contributed by atoms with van der Waals surface area (Å²) in [7, 11) is -4.18. The number of hydrogen-bond acceptors (Lipinski definition) is 8. The second kappa shape index (κ2) is 11.0. The quantitative estimate of drug-likeness (QED) is 0.286. The van der Waals surface area contributed by atoms with Crippen molar-refractivity contribution in [3.63, 3.8) is 0 Å². The molecule has 0 amide bonds. The summed E-state index contributed by atoms with van der Waals surface area (Å²) in [5.41, 5.74) is 0.241. The molecule has 12 heteroatoms. The number of nitrogens with zero attached hydrogens (tertiary/aromatic N) is 4. The molecule has 1 aromatic carbocycles. The first-order valence-corrected chi connectivity index (χ1v) is 14.6. The molecule has 4 rings (SSSR count). The van der Waals surface area contributed by atoms with Crippen LogP contribution >= 0.6 is 11.8 Å². The fourth-order valence-electron chi connectivity index (χ4n) is 4.00. The molecule has 0 saturated carbocycles. The van der Waals surface area contributed by atoms with Crippen molar-refractivity contribution in [1.82, 2.24) is 13.9 Å². The first kappa shape index (κ1) is 29.2. The maximum absolute atomic E-state index is 15.2. The average Bonchev–Trinajstić information content (AvgIpc) is 3.25. The van der Waals surface area contributed by atoms with Crippen molar-refractivity contribution in [3.8, 4) is 17.3 Å². The van der Waals surface area contributed by atoms with Crippen LogP contribution in [0.3, 0.4) is 0 Å². The maximum Gasteiger partial charge on any atom is 0.269 e. The number of nitrogens with one attached hydrogen (secondary N) is 1. The SMILES string of the molecule is CC(=O)SC[C@@H](Nc1nc(-c2cn(S(=O)(=O)c3ccc(C)cc3)c3ncc(F)cc23)c(C#N)cc1F)C(C)(C)C. The maximum atomic E-state index is 15.2. The Bertz CT molecular complexity index is 1760. The fourth-order valence-corrected chi connectivity index (χ4v) is 6.31. The van der Waals surface area contributed by atoms with Gasteiger partial charge in [0.05, 0.1) is 22.3 Å². The highest BCUT2D eigenvalue weighted by Gasteiger charge is 2.29. The lowest BCUT2D eigenvalue weighted by molar-refractivity contribution is -0.109. The van der Waals surface area contributed by atoms with Gasteiger partial charge in [-0.05, 0) is 36.6 Å². The van der Waals surface area contributed by atoms with Crippen molar-refractivity contribution in [2.45, 2.75) is 45.6 Å². The standard InChI is InChI=1S/C28H27F2N5O3S2/c1-16-6-8-20(9-7-16)40(37,38)35-14-22(21-11-19(29)13-32-27(21)35)25-18(12-31)10-23(30)26(34-25)33-24(28(3,4)5)15-39-17(2)36/h6-11,13-14,24H,15H2,1-5H3,(H,33,34)/t24-/m1/s1. The normalized spacial score (nSPS) is 12.8. The number of pyridine rings is 2. The second-order valence-electron chi connectivity index (χ2n) is 10.4. The van der Waals surface area contributed by atoms with Crippen molar-refractivity contribution >= 4 is 43.8 Å². The molecule has 4 aromatic rings. The predicted octanol–water partition coefficient (Wildman–Crippen LogP) is 5.90. The Hall–Kier alpha value is -3.82. The third kappa shape index (κ3) is 5.85. The highest BCUT2D eigenvalue weighted by atomic mass is 32.2. The van der Waals surface area contributed by atoms with Crippen molar-refractivity contribution in [2.24, 2.45) is 5.41 Å². The summed E-state index contributed by atoms with van der Waals surface area (Å²) >= 11 is 1.08. The molecule has 0 aliphatic rings. The van der Waals surface area contributed by atoms with Gasteiger partial charge in [-0.2, -0.15) is 5.26 Å². The van der Waals surface area contributed by atoms with Crippen LogP contribution in [0.4, 0.5) is 14.6 Å². The summed E-state index contributed by atoms with van der Waals surface area (Å²) in [6, 6.07) is 9.79. The van der Waals surface area contributed by atoms with Crippen LogP contribution in [0.2, 0.25) is 0 Å². The molecule has 8 nitrogen and oxygen atoms in total. The monoisotopic (exact) mass is 583 g/mol. The number of halogens is 2. The zero-order chi connectivity index (χ0) is 29.4. The van der Waals surface area contributed by atoms with E-state index < -0.39 is 33.1 Å². The van der Waals surface area contributed by atoms with E-state index in [9.17, 15) is 22.9 Å². The number of aromatic nitrogens is 3. The van der Waals surface area contributed by atoms with Gasteiger partial charge in [0, 0.05) is 35.9 Å². The molecule has 0 spiro atoms. The van der Waals surface area contributed by atoms with Crippen LogP contribution in [-0.4, -0.2) is 39.3 Å². The van der Waals surface area contributed by atoms with Gasteiger partial charge in [-0.1, -0.05) is 50.2 Å². The zero-order valence-electron chi connectivity index (χ0n) is 22.5. The first-order valence-electron chi connectivity index (χ1n) is 12.2. The van der Waals surface area contributed by atoms with Crippen molar-refractivity contribution in [2.75, 3.05) is 11.1 Å². The Morgan fingerprint density at radius 2 is 1.88 bits per heavy atom. The van der Waals surface area contributed by atoms with Crippen LogP contribution in [-0.2, 0) is 14.8 Å².